The van der Waals surface area contributed by atoms with Crippen molar-refractivity contribution in [1.82, 2.24) is 18.7 Å². The van der Waals surface area contributed by atoms with Gasteiger partial charge in [-0.3, -0.25) is 4.57 Å². The number of nitrogens with zero attached hydrogens (tertiary/aromatic N) is 4. The summed E-state index contributed by atoms with van der Waals surface area (Å²) in [6, 6.07) is 21.1. The first kappa shape index (κ1) is 24.7. The van der Waals surface area contributed by atoms with Gasteiger partial charge in [-0.25, -0.2) is 12.4 Å². The van der Waals surface area contributed by atoms with Crippen LogP contribution >= 0.6 is 11.8 Å². The maximum absolute atomic E-state index is 13.6. The van der Waals surface area contributed by atoms with Crippen LogP contribution in [0.15, 0.2) is 102 Å². The van der Waals surface area contributed by atoms with E-state index in [1.54, 1.807) is 69.0 Å². The second-order valence-corrected chi connectivity index (χ2v) is 10.8. The Hall–Kier alpha value is -4.02. The Kier molecular flexibility index (Phi) is 6.77. The number of methoxy groups -OCH3 is 2. The summed E-state index contributed by atoms with van der Waals surface area (Å²) in [6.45, 7) is 3.81. The summed E-state index contributed by atoms with van der Waals surface area (Å²) in [7, 11) is -0.686. The van der Waals surface area contributed by atoms with Gasteiger partial charge < -0.3 is 9.47 Å². The highest BCUT2D eigenvalue weighted by molar-refractivity contribution is 7.99. The van der Waals surface area contributed by atoms with E-state index in [-0.39, 0.29) is 4.90 Å². The first-order chi connectivity index (χ1) is 18.0. The van der Waals surface area contributed by atoms with Gasteiger partial charge in [-0.1, -0.05) is 54.2 Å². The topological polar surface area (TPSA) is 88.2 Å². The van der Waals surface area contributed by atoms with Gasteiger partial charge in [0.15, 0.2) is 11.0 Å². The zero-order valence-electron chi connectivity index (χ0n) is 20.2. The van der Waals surface area contributed by atoms with Crippen molar-refractivity contribution in [1.29, 1.82) is 0 Å². The van der Waals surface area contributed by atoms with Crippen LogP contribution in [0.2, 0.25) is 0 Å². The molecule has 0 saturated carbocycles. The number of fused-ring (bicyclic) bond motifs is 1. The zero-order chi connectivity index (χ0) is 26.0. The molecule has 10 heteroatoms. The zero-order valence-corrected chi connectivity index (χ0v) is 21.9. The fourth-order valence-corrected chi connectivity index (χ4v) is 6.16. The van der Waals surface area contributed by atoms with Crippen LogP contribution < -0.4 is 9.47 Å². The van der Waals surface area contributed by atoms with Crippen molar-refractivity contribution in [2.45, 2.75) is 10.1 Å². The van der Waals surface area contributed by atoms with E-state index in [2.05, 4.69) is 16.8 Å². The molecule has 188 valence electrons. The maximum atomic E-state index is 13.6. The van der Waals surface area contributed by atoms with Crippen molar-refractivity contribution < 1.29 is 17.9 Å². The first-order valence-corrected chi connectivity index (χ1v) is 13.7. The SMILES string of the molecule is C=CCSc1nnc(-c2cn(S(=O)(=O)c3ccccc3)c3ccccc23)n1-c1cc(OC)ccc1OC. The number of rotatable bonds is 9. The molecule has 0 aliphatic carbocycles. The van der Waals surface area contributed by atoms with E-state index in [9.17, 15) is 8.42 Å². The second kappa shape index (κ2) is 10.2. The lowest BCUT2D eigenvalue weighted by atomic mass is 10.1. The number of para-hydroxylation sites is 1. The molecule has 0 atom stereocenters. The summed E-state index contributed by atoms with van der Waals surface area (Å²) in [6.07, 6.45) is 3.38. The third kappa shape index (κ3) is 4.38. The van der Waals surface area contributed by atoms with Crippen molar-refractivity contribution in [3.8, 4) is 28.6 Å². The Labute approximate surface area is 219 Å². The van der Waals surface area contributed by atoms with Crippen LogP contribution in [0, 0.1) is 0 Å². The highest BCUT2D eigenvalue weighted by Crippen LogP contribution is 2.38. The van der Waals surface area contributed by atoms with E-state index < -0.39 is 10.0 Å². The van der Waals surface area contributed by atoms with Crippen LogP contribution in [0.3, 0.4) is 0 Å². The third-order valence-corrected chi connectivity index (χ3v) is 8.42. The molecule has 2 aromatic heterocycles. The molecule has 0 amide bonds. The molecule has 0 saturated heterocycles. The molecule has 0 spiro atoms. The Morgan fingerprint density at radius 3 is 2.46 bits per heavy atom. The summed E-state index contributed by atoms with van der Waals surface area (Å²) in [5, 5.41) is 10.3. The third-order valence-electron chi connectivity index (χ3n) is 5.81. The predicted molar refractivity (Wildman–Crippen MR) is 145 cm³/mol. The molecule has 37 heavy (non-hydrogen) atoms. The molecule has 0 aliphatic heterocycles. The number of hydrogen-bond acceptors (Lipinski definition) is 7. The molecule has 5 aromatic rings. The van der Waals surface area contributed by atoms with Gasteiger partial charge in [0, 0.05) is 29.0 Å². The molecule has 0 N–H and O–H groups in total. The lowest BCUT2D eigenvalue weighted by Gasteiger charge is -2.15. The number of thioether (sulfide) groups is 1. The smallest absolute Gasteiger partial charge is 0.268 e. The van der Waals surface area contributed by atoms with Gasteiger partial charge in [-0.15, -0.1) is 16.8 Å². The Bertz CT molecular complexity index is 1690. The van der Waals surface area contributed by atoms with Crippen LogP contribution in [0.5, 0.6) is 11.5 Å². The quantitative estimate of drug-likeness (QED) is 0.185. The summed E-state index contributed by atoms with van der Waals surface area (Å²) in [5.74, 6) is 2.29. The fraction of sp³-hybridized carbons (Fsp3) is 0.111. The summed E-state index contributed by atoms with van der Waals surface area (Å²) < 4.78 is 41.6. The molecule has 0 aliphatic rings. The molecule has 0 radical (unpaired) electrons. The second-order valence-electron chi connectivity index (χ2n) is 7.95. The Morgan fingerprint density at radius 1 is 0.973 bits per heavy atom. The minimum atomic E-state index is -3.87. The van der Waals surface area contributed by atoms with Gasteiger partial charge in [-0.2, -0.15) is 0 Å². The minimum Gasteiger partial charge on any atom is -0.497 e. The molecular formula is C27H24N4O4S2. The average Bonchev–Trinajstić information content (AvgIpc) is 3.53. The molecule has 0 fully saturated rings. The number of benzene rings is 3. The van der Waals surface area contributed by atoms with Crippen LogP contribution in [0.4, 0.5) is 0 Å². The fourth-order valence-electron chi connectivity index (χ4n) is 4.09. The molecule has 0 bridgehead atoms. The largest absolute Gasteiger partial charge is 0.497 e. The molecule has 2 heterocycles. The monoisotopic (exact) mass is 532 g/mol. The van der Waals surface area contributed by atoms with Gasteiger partial charge in [0.05, 0.1) is 30.3 Å². The highest BCUT2D eigenvalue weighted by atomic mass is 32.2. The number of aromatic nitrogens is 4. The Balaban J connectivity index is 1.80. The molecule has 8 nitrogen and oxygen atoms in total. The Morgan fingerprint density at radius 2 is 1.73 bits per heavy atom. The van der Waals surface area contributed by atoms with E-state index in [1.807, 2.05) is 34.9 Å². The average molecular weight is 533 g/mol. The lowest BCUT2D eigenvalue weighted by Crippen LogP contribution is -2.11. The first-order valence-electron chi connectivity index (χ1n) is 11.3. The minimum absolute atomic E-state index is 0.195. The normalized spacial score (nSPS) is 11.5. The van der Waals surface area contributed by atoms with Crippen LogP contribution in [0.25, 0.3) is 28.0 Å². The van der Waals surface area contributed by atoms with Gasteiger partial charge in [0.2, 0.25) is 0 Å². The molecule has 0 unspecified atom stereocenters. The highest BCUT2D eigenvalue weighted by Gasteiger charge is 2.26. The molecule has 5 rings (SSSR count). The molecule has 3 aromatic carbocycles. The van der Waals surface area contributed by atoms with Crippen molar-refractivity contribution in [2.24, 2.45) is 0 Å². The summed E-state index contributed by atoms with van der Waals surface area (Å²) >= 11 is 1.45. The van der Waals surface area contributed by atoms with Crippen LogP contribution in [-0.4, -0.2) is 47.1 Å². The standard InChI is InChI=1S/C27H24N4O4S2/c1-4-16-36-27-29-28-26(31(27)24-17-19(34-2)14-15-25(24)35-3)22-18-30(23-13-9-8-12-21(22)23)37(32,33)20-10-6-5-7-11-20/h4-15,17-18H,1,16H2,2-3H3. The van der Waals surface area contributed by atoms with E-state index in [1.165, 1.54) is 15.7 Å². The van der Waals surface area contributed by atoms with Crippen molar-refractivity contribution in [3.05, 3.63) is 91.6 Å². The lowest BCUT2D eigenvalue weighted by molar-refractivity contribution is 0.401. The van der Waals surface area contributed by atoms with Crippen molar-refractivity contribution in [3.63, 3.8) is 0 Å². The summed E-state index contributed by atoms with van der Waals surface area (Å²) in [5.41, 5.74) is 1.81. The summed E-state index contributed by atoms with van der Waals surface area (Å²) in [4.78, 5) is 0.195. The van der Waals surface area contributed by atoms with E-state index >= 15 is 0 Å². The van der Waals surface area contributed by atoms with Crippen molar-refractivity contribution >= 4 is 32.7 Å². The van der Waals surface area contributed by atoms with Crippen LogP contribution in [-0.2, 0) is 10.0 Å². The maximum Gasteiger partial charge on any atom is 0.268 e. The predicted octanol–water partition coefficient (Wildman–Crippen LogP) is 5.42. The van der Waals surface area contributed by atoms with E-state index in [0.29, 0.717) is 45.0 Å². The van der Waals surface area contributed by atoms with Gasteiger partial charge in [0.25, 0.3) is 10.0 Å². The van der Waals surface area contributed by atoms with Gasteiger partial charge in [-0.05, 0) is 30.3 Å². The van der Waals surface area contributed by atoms with E-state index in [4.69, 9.17) is 9.47 Å². The van der Waals surface area contributed by atoms with E-state index in [0.717, 1.165) is 5.39 Å². The number of hydrogen-bond donors (Lipinski definition) is 0. The number of ether oxygens (including phenoxy) is 2. The molecular weight excluding hydrogens is 508 g/mol. The van der Waals surface area contributed by atoms with Crippen molar-refractivity contribution in [2.75, 3.05) is 20.0 Å². The van der Waals surface area contributed by atoms with Crippen LogP contribution in [0.1, 0.15) is 0 Å². The van der Waals surface area contributed by atoms with Gasteiger partial charge in [0.1, 0.15) is 11.5 Å². The van der Waals surface area contributed by atoms with Gasteiger partial charge >= 0.3 is 0 Å².